The minimum absolute atomic E-state index is 0.0890. The van der Waals surface area contributed by atoms with Gasteiger partial charge in [-0.05, 0) is 36.8 Å². The predicted octanol–water partition coefficient (Wildman–Crippen LogP) is 3.93. The van der Waals surface area contributed by atoms with Crippen molar-refractivity contribution in [2.75, 3.05) is 20.3 Å². The van der Waals surface area contributed by atoms with Crippen molar-refractivity contribution in [2.45, 2.75) is 13.0 Å². The standard InChI is InChI=1S/C23H21NO5/c1-4-12-28-17-11-10-14(13-18(17)27-5-2)20-19-21(25)15-8-6-7-9-16(15)29-22(19)23(26)24(20)3/h4,6-11,13,20H,1,5,12H2,2-3H3. The van der Waals surface area contributed by atoms with E-state index in [-0.39, 0.29) is 17.1 Å². The molecule has 0 saturated carbocycles. The molecule has 1 unspecified atom stereocenters. The molecule has 29 heavy (non-hydrogen) atoms. The van der Waals surface area contributed by atoms with Gasteiger partial charge in [0.15, 0.2) is 16.9 Å². The molecule has 1 atom stereocenters. The van der Waals surface area contributed by atoms with Gasteiger partial charge in [-0.2, -0.15) is 0 Å². The van der Waals surface area contributed by atoms with Gasteiger partial charge in [0.05, 0.1) is 23.6 Å². The van der Waals surface area contributed by atoms with Gasteiger partial charge in [0.25, 0.3) is 5.91 Å². The molecule has 1 aliphatic rings. The number of carbonyl (C=O) groups is 1. The van der Waals surface area contributed by atoms with Crippen molar-refractivity contribution in [2.24, 2.45) is 0 Å². The van der Waals surface area contributed by atoms with E-state index in [0.717, 1.165) is 5.56 Å². The first-order valence-corrected chi connectivity index (χ1v) is 9.40. The van der Waals surface area contributed by atoms with Crippen LogP contribution >= 0.6 is 0 Å². The fraction of sp³-hybridized carbons (Fsp3) is 0.217. The molecule has 0 N–H and O–H groups in total. The second kappa shape index (κ2) is 7.47. The molecule has 1 aliphatic heterocycles. The quantitative estimate of drug-likeness (QED) is 0.596. The molecule has 2 aromatic carbocycles. The smallest absolute Gasteiger partial charge is 0.290 e. The van der Waals surface area contributed by atoms with Gasteiger partial charge < -0.3 is 18.8 Å². The van der Waals surface area contributed by atoms with E-state index in [1.54, 1.807) is 49.5 Å². The number of amides is 1. The highest BCUT2D eigenvalue weighted by atomic mass is 16.5. The molecule has 148 valence electrons. The molecule has 0 fully saturated rings. The van der Waals surface area contributed by atoms with Gasteiger partial charge in [-0.15, -0.1) is 0 Å². The highest BCUT2D eigenvalue weighted by Gasteiger charge is 2.40. The fourth-order valence-corrected chi connectivity index (χ4v) is 3.66. The normalized spacial score (nSPS) is 15.4. The number of hydrogen-bond donors (Lipinski definition) is 0. The molecule has 0 aliphatic carbocycles. The van der Waals surface area contributed by atoms with Crippen molar-refractivity contribution in [3.8, 4) is 11.5 Å². The largest absolute Gasteiger partial charge is 0.490 e. The summed E-state index contributed by atoms with van der Waals surface area (Å²) in [5, 5.41) is 0.454. The van der Waals surface area contributed by atoms with Crippen molar-refractivity contribution < 1.29 is 18.7 Å². The molecule has 4 rings (SSSR count). The Kier molecular flexibility index (Phi) is 4.84. The van der Waals surface area contributed by atoms with Crippen LogP contribution in [0.25, 0.3) is 11.0 Å². The first-order chi connectivity index (χ1) is 14.1. The highest BCUT2D eigenvalue weighted by molar-refractivity contribution is 5.98. The summed E-state index contributed by atoms with van der Waals surface area (Å²) in [7, 11) is 1.66. The van der Waals surface area contributed by atoms with Gasteiger partial charge in [-0.25, -0.2) is 0 Å². The van der Waals surface area contributed by atoms with E-state index < -0.39 is 6.04 Å². The Hall–Kier alpha value is -3.54. The minimum atomic E-state index is -0.564. The maximum Gasteiger partial charge on any atom is 0.290 e. The molecule has 0 radical (unpaired) electrons. The third kappa shape index (κ3) is 3.06. The number of fused-ring (bicyclic) bond motifs is 2. The van der Waals surface area contributed by atoms with Crippen LogP contribution in [0.15, 0.2) is 64.3 Å². The number of benzene rings is 2. The lowest BCUT2D eigenvalue weighted by molar-refractivity contribution is 0.0771. The third-order valence-electron chi connectivity index (χ3n) is 4.95. The number of nitrogens with zero attached hydrogens (tertiary/aromatic N) is 1. The first kappa shape index (κ1) is 18.8. The van der Waals surface area contributed by atoms with Gasteiger partial charge in [0.1, 0.15) is 12.2 Å². The lowest BCUT2D eigenvalue weighted by Crippen LogP contribution is -2.25. The molecule has 1 amide bonds. The minimum Gasteiger partial charge on any atom is -0.490 e. The summed E-state index contributed by atoms with van der Waals surface area (Å²) >= 11 is 0. The zero-order valence-electron chi connectivity index (χ0n) is 16.3. The van der Waals surface area contributed by atoms with E-state index in [1.807, 2.05) is 13.0 Å². The topological polar surface area (TPSA) is 69.0 Å². The number of hydrogen-bond acceptors (Lipinski definition) is 5. The van der Waals surface area contributed by atoms with E-state index in [1.165, 1.54) is 4.90 Å². The molecule has 6 nitrogen and oxygen atoms in total. The lowest BCUT2D eigenvalue weighted by Gasteiger charge is -2.22. The number of carbonyl (C=O) groups excluding carboxylic acids is 1. The van der Waals surface area contributed by atoms with Crippen LogP contribution in [0.2, 0.25) is 0 Å². The summed E-state index contributed by atoms with van der Waals surface area (Å²) in [6.07, 6.45) is 1.65. The molecule has 2 heterocycles. The van der Waals surface area contributed by atoms with Crippen molar-refractivity contribution in [1.82, 2.24) is 4.90 Å². The summed E-state index contributed by atoms with van der Waals surface area (Å²) in [4.78, 5) is 27.5. The summed E-state index contributed by atoms with van der Waals surface area (Å²) < 4.78 is 17.2. The number of para-hydroxylation sites is 1. The maximum atomic E-state index is 13.2. The van der Waals surface area contributed by atoms with Crippen molar-refractivity contribution in [3.63, 3.8) is 0 Å². The van der Waals surface area contributed by atoms with E-state index >= 15 is 0 Å². The zero-order valence-corrected chi connectivity index (χ0v) is 16.3. The van der Waals surface area contributed by atoms with E-state index in [2.05, 4.69) is 6.58 Å². The fourth-order valence-electron chi connectivity index (χ4n) is 3.66. The average molecular weight is 391 g/mol. The second-order valence-electron chi connectivity index (χ2n) is 6.73. The van der Waals surface area contributed by atoms with Gasteiger partial charge in [-0.1, -0.05) is 30.9 Å². The van der Waals surface area contributed by atoms with Crippen LogP contribution < -0.4 is 14.9 Å². The van der Waals surface area contributed by atoms with Gasteiger partial charge in [0.2, 0.25) is 5.76 Å². The number of ether oxygens (including phenoxy) is 2. The van der Waals surface area contributed by atoms with Gasteiger partial charge in [0, 0.05) is 7.05 Å². The first-order valence-electron chi connectivity index (χ1n) is 9.40. The van der Waals surface area contributed by atoms with E-state index in [4.69, 9.17) is 13.9 Å². The van der Waals surface area contributed by atoms with Crippen molar-refractivity contribution in [1.29, 1.82) is 0 Å². The van der Waals surface area contributed by atoms with E-state index in [9.17, 15) is 9.59 Å². The van der Waals surface area contributed by atoms with Crippen LogP contribution in [0.1, 0.15) is 34.6 Å². The van der Waals surface area contributed by atoms with Gasteiger partial charge >= 0.3 is 0 Å². The Morgan fingerprint density at radius 1 is 1.14 bits per heavy atom. The Morgan fingerprint density at radius 2 is 1.93 bits per heavy atom. The van der Waals surface area contributed by atoms with Crippen LogP contribution in [-0.2, 0) is 0 Å². The van der Waals surface area contributed by atoms with E-state index in [0.29, 0.717) is 41.2 Å². The molecular formula is C23H21NO5. The Bertz CT molecular complexity index is 1160. The van der Waals surface area contributed by atoms with Gasteiger partial charge in [-0.3, -0.25) is 9.59 Å². The third-order valence-corrected chi connectivity index (χ3v) is 4.95. The van der Waals surface area contributed by atoms with Crippen molar-refractivity contribution in [3.05, 3.63) is 82.2 Å². The van der Waals surface area contributed by atoms with Crippen LogP contribution in [0, 0.1) is 0 Å². The molecule has 0 spiro atoms. The van der Waals surface area contributed by atoms with Crippen molar-refractivity contribution >= 4 is 16.9 Å². The number of rotatable bonds is 6. The average Bonchev–Trinajstić information content (AvgIpc) is 2.98. The van der Waals surface area contributed by atoms with Crippen LogP contribution in [0.5, 0.6) is 11.5 Å². The molecule has 0 saturated heterocycles. The van der Waals surface area contributed by atoms with Crippen LogP contribution in [0.3, 0.4) is 0 Å². The molecule has 6 heteroatoms. The SMILES string of the molecule is C=CCOc1ccc(C2c3c(oc4ccccc4c3=O)C(=O)N2C)cc1OCC. The van der Waals surface area contributed by atoms with Crippen LogP contribution in [-0.4, -0.2) is 31.1 Å². The summed E-state index contributed by atoms with van der Waals surface area (Å²) in [5.41, 5.74) is 1.30. The molecular weight excluding hydrogens is 370 g/mol. The zero-order chi connectivity index (χ0) is 20.5. The second-order valence-corrected chi connectivity index (χ2v) is 6.73. The molecule has 3 aromatic rings. The highest BCUT2D eigenvalue weighted by Crippen LogP contribution is 2.40. The van der Waals surface area contributed by atoms with Crippen LogP contribution in [0.4, 0.5) is 0 Å². The summed E-state index contributed by atoms with van der Waals surface area (Å²) in [6.45, 7) is 6.34. The Morgan fingerprint density at radius 3 is 2.69 bits per heavy atom. The Balaban J connectivity index is 1.88. The Labute approximate surface area is 168 Å². The monoisotopic (exact) mass is 391 g/mol. The maximum absolute atomic E-state index is 13.2. The molecule has 0 bridgehead atoms. The molecule has 1 aromatic heterocycles. The summed E-state index contributed by atoms with van der Waals surface area (Å²) in [6, 6.07) is 11.8. The summed E-state index contributed by atoms with van der Waals surface area (Å²) in [5.74, 6) is 0.892. The lowest BCUT2D eigenvalue weighted by atomic mass is 9.98. The predicted molar refractivity (Wildman–Crippen MR) is 110 cm³/mol.